The minimum Gasteiger partial charge on any atom is -0.494 e. The smallest absolute Gasteiger partial charge is 0.273 e. The molecule has 0 unspecified atom stereocenters. The number of nitrogens with zero attached hydrogens (tertiary/aromatic N) is 1. The molecule has 2 amide bonds. The van der Waals surface area contributed by atoms with Crippen LogP contribution in [0.3, 0.4) is 0 Å². The number of hydrogen-bond donors (Lipinski definition) is 0. The third kappa shape index (κ3) is 3.33. The van der Waals surface area contributed by atoms with Gasteiger partial charge < -0.3 is 4.74 Å². The summed E-state index contributed by atoms with van der Waals surface area (Å²) in [5.74, 6) is 0.0223. The van der Waals surface area contributed by atoms with Crippen LogP contribution in [0.1, 0.15) is 38.7 Å². The van der Waals surface area contributed by atoms with E-state index in [4.69, 9.17) is 16.3 Å². The lowest BCUT2D eigenvalue weighted by molar-refractivity contribution is -0.136. The zero-order valence-electron chi connectivity index (χ0n) is 12.9. The number of halogens is 1. The van der Waals surface area contributed by atoms with E-state index in [9.17, 15) is 9.59 Å². The minimum absolute atomic E-state index is 0.00308. The summed E-state index contributed by atoms with van der Waals surface area (Å²) < 4.78 is 5.51. The summed E-state index contributed by atoms with van der Waals surface area (Å²) in [5, 5.41) is 0.00308. The van der Waals surface area contributed by atoms with Gasteiger partial charge in [0.1, 0.15) is 10.8 Å². The molecule has 0 radical (unpaired) electrons. The van der Waals surface area contributed by atoms with Gasteiger partial charge in [-0.05, 0) is 30.5 Å². The molecule has 0 saturated carbocycles. The van der Waals surface area contributed by atoms with Gasteiger partial charge in [0, 0.05) is 6.54 Å². The number of carbonyl (C=O) groups excluding carboxylic acids is 2. The summed E-state index contributed by atoms with van der Waals surface area (Å²) in [4.78, 5) is 25.8. The van der Waals surface area contributed by atoms with Crippen LogP contribution in [0.5, 0.6) is 5.75 Å². The first-order chi connectivity index (χ1) is 10.6. The quantitative estimate of drug-likeness (QED) is 0.721. The van der Waals surface area contributed by atoms with Crippen molar-refractivity contribution < 1.29 is 14.3 Å². The molecule has 1 heterocycles. The predicted octanol–water partition coefficient (Wildman–Crippen LogP) is 3.59. The van der Waals surface area contributed by atoms with Crippen molar-refractivity contribution in [1.29, 1.82) is 0 Å². The molecule has 5 heteroatoms. The number of amides is 2. The van der Waals surface area contributed by atoms with E-state index in [2.05, 4.69) is 0 Å². The molecule has 4 nitrogen and oxygen atoms in total. The van der Waals surface area contributed by atoms with Crippen LogP contribution in [0.25, 0.3) is 5.57 Å². The van der Waals surface area contributed by atoms with Gasteiger partial charge in [-0.3, -0.25) is 14.5 Å². The average molecular weight is 322 g/mol. The molecule has 0 N–H and O–H groups in total. The fraction of sp³-hybridized carbons (Fsp3) is 0.412. The highest BCUT2D eigenvalue weighted by molar-refractivity contribution is 6.55. The van der Waals surface area contributed by atoms with Crippen molar-refractivity contribution in [2.75, 3.05) is 13.2 Å². The summed E-state index contributed by atoms with van der Waals surface area (Å²) >= 11 is 6.09. The molecule has 118 valence electrons. The number of unbranched alkanes of at least 4 members (excludes halogenated alkanes) is 1. The summed E-state index contributed by atoms with van der Waals surface area (Å²) in [6, 6.07) is 7.09. The van der Waals surface area contributed by atoms with Crippen molar-refractivity contribution in [1.82, 2.24) is 4.90 Å². The monoisotopic (exact) mass is 321 g/mol. The molecule has 0 aromatic heterocycles. The normalized spacial score (nSPS) is 15.0. The fourth-order valence-corrected chi connectivity index (χ4v) is 2.55. The molecule has 1 aromatic rings. The van der Waals surface area contributed by atoms with Crippen LogP contribution < -0.4 is 4.74 Å². The first kappa shape index (κ1) is 16.6. The number of carbonyl (C=O) groups is 2. The van der Waals surface area contributed by atoms with E-state index in [-0.39, 0.29) is 16.5 Å². The topological polar surface area (TPSA) is 46.6 Å². The van der Waals surface area contributed by atoms with E-state index in [1.165, 1.54) is 4.90 Å². The van der Waals surface area contributed by atoms with Crippen molar-refractivity contribution >= 4 is 29.0 Å². The largest absolute Gasteiger partial charge is 0.494 e. The maximum atomic E-state index is 12.4. The lowest BCUT2D eigenvalue weighted by atomic mass is 10.1. The second-order valence-electron chi connectivity index (χ2n) is 5.18. The van der Waals surface area contributed by atoms with Gasteiger partial charge >= 0.3 is 0 Å². The molecule has 1 aliphatic heterocycles. The van der Waals surface area contributed by atoms with Crippen molar-refractivity contribution in [3.8, 4) is 5.75 Å². The number of hydrogen-bond acceptors (Lipinski definition) is 3. The van der Waals surface area contributed by atoms with E-state index < -0.39 is 5.91 Å². The van der Waals surface area contributed by atoms with Crippen molar-refractivity contribution in [3.63, 3.8) is 0 Å². The number of imide groups is 1. The summed E-state index contributed by atoms with van der Waals surface area (Å²) in [7, 11) is 0. The number of rotatable bonds is 7. The Morgan fingerprint density at radius 3 is 2.32 bits per heavy atom. The third-order valence-corrected chi connectivity index (χ3v) is 3.81. The first-order valence-electron chi connectivity index (χ1n) is 7.59. The Hall–Kier alpha value is -1.81. The van der Waals surface area contributed by atoms with Crippen LogP contribution in [0.15, 0.2) is 29.3 Å². The molecular weight excluding hydrogens is 302 g/mol. The molecule has 0 spiro atoms. The van der Waals surface area contributed by atoms with Crippen LogP contribution in [0.4, 0.5) is 0 Å². The van der Waals surface area contributed by atoms with Gasteiger partial charge in [0.15, 0.2) is 0 Å². The predicted molar refractivity (Wildman–Crippen MR) is 86.6 cm³/mol. The van der Waals surface area contributed by atoms with Gasteiger partial charge in [-0.25, -0.2) is 0 Å². The van der Waals surface area contributed by atoms with Crippen LogP contribution in [0, 0.1) is 0 Å². The Morgan fingerprint density at radius 1 is 1.05 bits per heavy atom. The van der Waals surface area contributed by atoms with Crippen molar-refractivity contribution in [2.24, 2.45) is 0 Å². The highest BCUT2D eigenvalue weighted by Crippen LogP contribution is 2.32. The van der Waals surface area contributed by atoms with Crippen LogP contribution in [-0.4, -0.2) is 29.9 Å². The molecule has 0 fully saturated rings. The Bertz CT molecular complexity index is 592. The number of benzene rings is 1. The lowest BCUT2D eigenvalue weighted by Crippen LogP contribution is -2.32. The first-order valence-corrected chi connectivity index (χ1v) is 7.97. The molecule has 1 aromatic carbocycles. The Labute approximate surface area is 135 Å². The standard InChI is InChI=1S/C17H20ClNO3/c1-3-5-10-19-16(20)14(15(18)17(19)21)12-6-8-13(9-7-12)22-11-4-2/h6-9H,3-5,10-11H2,1-2H3. The summed E-state index contributed by atoms with van der Waals surface area (Å²) in [6.45, 7) is 5.10. The zero-order chi connectivity index (χ0) is 16.1. The van der Waals surface area contributed by atoms with Gasteiger partial charge in [0.05, 0.1) is 12.2 Å². The van der Waals surface area contributed by atoms with Gasteiger partial charge in [-0.2, -0.15) is 0 Å². The third-order valence-electron chi connectivity index (χ3n) is 3.46. The van der Waals surface area contributed by atoms with E-state index in [1.807, 2.05) is 13.8 Å². The number of ether oxygens (including phenoxy) is 1. The Kier molecular flexibility index (Phi) is 5.61. The maximum absolute atomic E-state index is 12.4. The summed E-state index contributed by atoms with van der Waals surface area (Å²) in [6.07, 6.45) is 2.62. The van der Waals surface area contributed by atoms with Crippen molar-refractivity contribution in [2.45, 2.75) is 33.1 Å². The molecule has 1 aliphatic rings. The molecule has 0 aliphatic carbocycles. The molecule has 0 atom stereocenters. The van der Waals surface area contributed by atoms with Gasteiger partial charge in [-0.15, -0.1) is 0 Å². The van der Waals surface area contributed by atoms with Crippen LogP contribution in [0.2, 0.25) is 0 Å². The Morgan fingerprint density at radius 2 is 1.73 bits per heavy atom. The summed E-state index contributed by atoms with van der Waals surface area (Å²) in [5.41, 5.74) is 0.927. The van der Waals surface area contributed by atoms with E-state index in [0.29, 0.717) is 18.7 Å². The van der Waals surface area contributed by atoms with Gasteiger partial charge in [0.2, 0.25) is 0 Å². The van der Waals surface area contributed by atoms with Gasteiger partial charge in [-0.1, -0.05) is 44.0 Å². The van der Waals surface area contributed by atoms with E-state index in [0.717, 1.165) is 25.0 Å². The highest BCUT2D eigenvalue weighted by Gasteiger charge is 2.37. The van der Waals surface area contributed by atoms with E-state index >= 15 is 0 Å². The van der Waals surface area contributed by atoms with Crippen molar-refractivity contribution in [3.05, 3.63) is 34.9 Å². The zero-order valence-corrected chi connectivity index (χ0v) is 13.7. The molecule has 22 heavy (non-hydrogen) atoms. The van der Waals surface area contributed by atoms with Crippen LogP contribution >= 0.6 is 11.6 Å². The average Bonchev–Trinajstić information content (AvgIpc) is 2.74. The van der Waals surface area contributed by atoms with E-state index in [1.54, 1.807) is 24.3 Å². The molecule has 0 bridgehead atoms. The van der Waals surface area contributed by atoms with Crippen LogP contribution in [-0.2, 0) is 9.59 Å². The molecule has 0 saturated heterocycles. The highest BCUT2D eigenvalue weighted by atomic mass is 35.5. The maximum Gasteiger partial charge on any atom is 0.273 e. The SMILES string of the molecule is CCCCN1C(=O)C(Cl)=C(c2ccc(OCCC)cc2)C1=O. The Balaban J connectivity index is 2.20. The van der Waals surface area contributed by atoms with Gasteiger partial charge in [0.25, 0.3) is 11.8 Å². The second-order valence-corrected chi connectivity index (χ2v) is 5.56. The molecule has 2 rings (SSSR count). The molecular formula is C17H20ClNO3. The lowest BCUT2D eigenvalue weighted by Gasteiger charge is -2.14. The minimum atomic E-state index is -0.401. The fourth-order valence-electron chi connectivity index (χ4n) is 2.25. The second kappa shape index (κ2) is 7.45.